The third kappa shape index (κ3) is 4.29. The van der Waals surface area contributed by atoms with Crippen molar-refractivity contribution in [3.05, 3.63) is 35.4 Å². The number of ether oxygens (including phenoxy) is 2. The average Bonchev–Trinajstić information content (AvgIpc) is 2.82. The smallest absolute Gasteiger partial charge is 0.249 e. The molecule has 0 radical (unpaired) electrons. The van der Waals surface area contributed by atoms with Gasteiger partial charge in [0.15, 0.2) is 0 Å². The van der Waals surface area contributed by atoms with Crippen LogP contribution in [0, 0.1) is 5.92 Å². The summed E-state index contributed by atoms with van der Waals surface area (Å²) in [5.41, 5.74) is 2.21. The minimum absolute atomic E-state index is 0.0157. The summed E-state index contributed by atoms with van der Waals surface area (Å²) in [7, 11) is 0. The van der Waals surface area contributed by atoms with E-state index in [1.54, 1.807) is 0 Å². The lowest BCUT2D eigenvalue weighted by molar-refractivity contribution is -0.133. The monoisotopic (exact) mass is 291 g/mol. The molecule has 1 aromatic rings. The Kier molecular flexibility index (Phi) is 5.76. The number of rotatable bonds is 6. The number of carbonyl (C=O) groups is 1. The largest absolute Gasteiger partial charge is 0.377 e. The van der Waals surface area contributed by atoms with Crippen molar-refractivity contribution < 1.29 is 14.3 Å². The third-order valence-electron chi connectivity index (χ3n) is 3.89. The Labute approximate surface area is 126 Å². The van der Waals surface area contributed by atoms with Crippen LogP contribution in [0.1, 0.15) is 38.3 Å². The fourth-order valence-electron chi connectivity index (χ4n) is 2.77. The summed E-state index contributed by atoms with van der Waals surface area (Å²) in [6.45, 7) is 7.84. The fraction of sp³-hybridized carbons (Fsp3) is 0.588. The summed E-state index contributed by atoms with van der Waals surface area (Å²) in [6.07, 6.45) is 0.791. The van der Waals surface area contributed by atoms with Gasteiger partial charge < -0.3 is 14.8 Å². The van der Waals surface area contributed by atoms with Crippen LogP contribution < -0.4 is 5.32 Å². The van der Waals surface area contributed by atoms with Crippen LogP contribution in [0.3, 0.4) is 0 Å². The lowest BCUT2D eigenvalue weighted by Crippen LogP contribution is -2.37. The van der Waals surface area contributed by atoms with Gasteiger partial charge in [-0.2, -0.15) is 0 Å². The van der Waals surface area contributed by atoms with Crippen molar-refractivity contribution in [1.82, 2.24) is 5.32 Å². The Balaban J connectivity index is 1.92. The van der Waals surface area contributed by atoms with E-state index in [2.05, 4.69) is 12.2 Å². The Morgan fingerprint density at radius 1 is 1.33 bits per heavy atom. The van der Waals surface area contributed by atoms with Crippen LogP contribution in [-0.2, 0) is 27.4 Å². The van der Waals surface area contributed by atoms with Crippen molar-refractivity contribution in [2.24, 2.45) is 5.92 Å². The molecule has 0 aromatic heterocycles. The van der Waals surface area contributed by atoms with E-state index >= 15 is 0 Å². The van der Waals surface area contributed by atoms with E-state index in [9.17, 15) is 4.79 Å². The van der Waals surface area contributed by atoms with Gasteiger partial charge in [0.1, 0.15) is 6.10 Å². The molecule has 1 saturated heterocycles. The SMILES string of the molecule is CCOCc1ccccc1CNC(=O)[C@@H]1O[C@H](C)C[C@H]1C. The first-order valence-corrected chi connectivity index (χ1v) is 7.69. The highest BCUT2D eigenvalue weighted by atomic mass is 16.5. The molecular weight excluding hydrogens is 266 g/mol. The minimum atomic E-state index is -0.320. The number of hydrogen-bond donors (Lipinski definition) is 1. The summed E-state index contributed by atoms with van der Waals surface area (Å²) in [5.74, 6) is 0.261. The summed E-state index contributed by atoms with van der Waals surface area (Å²) in [4.78, 5) is 12.2. The van der Waals surface area contributed by atoms with E-state index in [1.807, 2.05) is 38.1 Å². The predicted octanol–water partition coefficient (Wildman–Crippen LogP) is 2.65. The molecule has 1 aliphatic rings. The lowest BCUT2D eigenvalue weighted by atomic mass is 10.0. The van der Waals surface area contributed by atoms with Gasteiger partial charge >= 0.3 is 0 Å². The van der Waals surface area contributed by atoms with Crippen LogP contribution in [0.15, 0.2) is 24.3 Å². The van der Waals surface area contributed by atoms with Crippen molar-refractivity contribution in [2.75, 3.05) is 6.61 Å². The summed E-state index contributed by atoms with van der Waals surface area (Å²) in [6, 6.07) is 8.03. The molecule has 0 aliphatic carbocycles. The molecule has 1 aliphatic heterocycles. The predicted molar refractivity (Wildman–Crippen MR) is 81.7 cm³/mol. The van der Waals surface area contributed by atoms with Crippen LogP contribution >= 0.6 is 0 Å². The summed E-state index contributed by atoms with van der Waals surface area (Å²) >= 11 is 0. The molecule has 116 valence electrons. The molecule has 1 heterocycles. The second-order valence-electron chi connectivity index (χ2n) is 5.70. The highest BCUT2D eigenvalue weighted by molar-refractivity contribution is 5.81. The minimum Gasteiger partial charge on any atom is -0.377 e. The molecule has 1 amide bonds. The van der Waals surface area contributed by atoms with Gasteiger partial charge in [-0.3, -0.25) is 4.79 Å². The molecule has 0 unspecified atom stereocenters. The van der Waals surface area contributed by atoms with Gasteiger partial charge in [0.25, 0.3) is 0 Å². The first kappa shape index (κ1) is 16.0. The molecule has 21 heavy (non-hydrogen) atoms. The molecule has 3 atom stereocenters. The molecule has 4 heteroatoms. The van der Waals surface area contributed by atoms with Gasteiger partial charge in [-0.15, -0.1) is 0 Å². The van der Waals surface area contributed by atoms with Crippen LogP contribution in [0.5, 0.6) is 0 Å². The van der Waals surface area contributed by atoms with Crippen LogP contribution in [0.2, 0.25) is 0 Å². The van der Waals surface area contributed by atoms with E-state index in [0.29, 0.717) is 19.8 Å². The van der Waals surface area contributed by atoms with E-state index in [0.717, 1.165) is 17.5 Å². The zero-order valence-electron chi connectivity index (χ0n) is 13.1. The third-order valence-corrected chi connectivity index (χ3v) is 3.89. The summed E-state index contributed by atoms with van der Waals surface area (Å²) in [5, 5.41) is 2.99. The number of carbonyl (C=O) groups excluding carboxylic acids is 1. The van der Waals surface area contributed by atoms with Gasteiger partial charge in [-0.25, -0.2) is 0 Å². The van der Waals surface area contributed by atoms with Crippen molar-refractivity contribution in [2.45, 2.75) is 52.6 Å². The van der Waals surface area contributed by atoms with E-state index < -0.39 is 0 Å². The molecule has 0 saturated carbocycles. The number of hydrogen-bond acceptors (Lipinski definition) is 3. The maximum Gasteiger partial charge on any atom is 0.249 e. The van der Waals surface area contributed by atoms with Gasteiger partial charge in [0.2, 0.25) is 5.91 Å². The average molecular weight is 291 g/mol. The Bertz CT molecular complexity index is 475. The maximum absolute atomic E-state index is 12.2. The Morgan fingerprint density at radius 2 is 2.05 bits per heavy atom. The first-order chi connectivity index (χ1) is 10.1. The fourth-order valence-corrected chi connectivity index (χ4v) is 2.77. The standard InChI is InChI=1S/C17H25NO3/c1-4-20-11-15-8-6-5-7-14(15)10-18-17(19)16-12(2)9-13(3)21-16/h5-8,12-13,16H,4,9-11H2,1-3H3,(H,18,19)/t12-,13-,16-/m1/s1. The van der Waals surface area contributed by atoms with Gasteiger partial charge in [-0.1, -0.05) is 31.2 Å². The topological polar surface area (TPSA) is 47.6 Å². The van der Waals surface area contributed by atoms with Crippen molar-refractivity contribution >= 4 is 5.91 Å². The molecule has 1 fully saturated rings. The maximum atomic E-state index is 12.2. The molecule has 2 rings (SSSR count). The first-order valence-electron chi connectivity index (χ1n) is 7.69. The van der Waals surface area contributed by atoms with Crippen molar-refractivity contribution in [3.63, 3.8) is 0 Å². The van der Waals surface area contributed by atoms with E-state index in [1.165, 1.54) is 0 Å². The molecule has 4 nitrogen and oxygen atoms in total. The molecular formula is C17H25NO3. The van der Waals surface area contributed by atoms with Crippen LogP contribution in [0.4, 0.5) is 0 Å². The normalized spacial score (nSPS) is 25.0. The van der Waals surface area contributed by atoms with Crippen LogP contribution in [-0.4, -0.2) is 24.7 Å². The highest BCUT2D eigenvalue weighted by Crippen LogP contribution is 2.25. The zero-order chi connectivity index (χ0) is 15.2. The lowest BCUT2D eigenvalue weighted by Gasteiger charge is -2.16. The number of nitrogens with one attached hydrogen (secondary N) is 1. The number of benzene rings is 1. The van der Waals surface area contributed by atoms with E-state index in [-0.39, 0.29) is 24.0 Å². The Hall–Kier alpha value is -1.39. The molecule has 0 bridgehead atoms. The second kappa shape index (κ2) is 7.57. The van der Waals surface area contributed by atoms with Gasteiger partial charge in [-0.05, 0) is 37.3 Å². The Morgan fingerprint density at radius 3 is 2.67 bits per heavy atom. The molecule has 1 N–H and O–H groups in total. The zero-order valence-corrected chi connectivity index (χ0v) is 13.1. The summed E-state index contributed by atoms with van der Waals surface area (Å²) < 4.78 is 11.1. The van der Waals surface area contributed by atoms with Crippen LogP contribution in [0.25, 0.3) is 0 Å². The molecule has 1 aromatic carbocycles. The second-order valence-corrected chi connectivity index (χ2v) is 5.70. The van der Waals surface area contributed by atoms with Crippen molar-refractivity contribution in [3.8, 4) is 0 Å². The van der Waals surface area contributed by atoms with Crippen molar-refractivity contribution in [1.29, 1.82) is 0 Å². The quantitative estimate of drug-likeness (QED) is 0.876. The van der Waals surface area contributed by atoms with Gasteiger partial charge in [0, 0.05) is 13.2 Å². The molecule has 0 spiro atoms. The van der Waals surface area contributed by atoms with E-state index in [4.69, 9.17) is 9.47 Å². The number of amides is 1. The highest BCUT2D eigenvalue weighted by Gasteiger charge is 2.34. The van der Waals surface area contributed by atoms with Gasteiger partial charge in [0.05, 0.1) is 12.7 Å².